The maximum Gasteiger partial charge on any atom is 0.223 e. The van der Waals surface area contributed by atoms with Crippen LogP contribution in [0.4, 0.5) is 5.69 Å². The first-order valence-electron chi connectivity index (χ1n) is 10.7. The number of hydrogen-bond donors (Lipinski definition) is 3. The number of Topliss-reactive ketones (excluding diaryl/α,β-unsaturated/α-hetero) is 1. The predicted molar refractivity (Wildman–Crippen MR) is 108 cm³/mol. The Labute approximate surface area is 176 Å². The number of carbonyl (C=O) groups excluding carboxylic acids is 1. The lowest BCUT2D eigenvalue weighted by Crippen LogP contribution is -2.69. The highest BCUT2D eigenvalue weighted by molar-refractivity contribution is 6.00. The molecule has 5 rings (SSSR count). The van der Waals surface area contributed by atoms with Gasteiger partial charge in [-0.15, -0.1) is 0 Å². The van der Waals surface area contributed by atoms with E-state index in [0.29, 0.717) is 24.4 Å². The van der Waals surface area contributed by atoms with E-state index in [1.54, 1.807) is 6.07 Å². The standard InChI is InChI=1S/C22H30N2O6/c1-12-17-13-7-9-24(2)10-8-21(19(17)26)14-5-4-6-15(30-16(11-25)28-3)18(14)23-22(21,27)20(13)29-12/h4-6,12-13,16-17,20,23,25,27H,7-11H2,1-3H3/t12-,13+,16+,17+,20-,21+,22+/m1/s1. The molecule has 3 N–H and O–H groups in total. The van der Waals surface area contributed by atoms with Gasteiger partial charge >= 0.3 is 0 Å². The Morgan fingerprint density at radius 1 is 1.40 bits per heavy atom. The number of aliphatic hydroxyl groups is 2. The van der Waals surface area contributed by atoms with Crippen molar-refractivity contribution in [1.82, 2.24) is 4.90 Å². The average Bonchev–Trinajstić information content (AvgIpc) is 3.21. The highest BCUT2D eigenvalue weighted by Gasteiger charge is 2.75. The molecule has 0 unspecified atom stereocenters. The van der Waals surface area contributed by atoms with E-state index >= 15 is 0 Å². The zero-order valence-electron chi connectivity index (χ0n) is 17.6. The number of rotatable bonds is 4. The Balaban J connectivity index is 1.69. The van der Waals surface area contributed by atoms with Gasteiger partial charge in [0.15, 0.2) is 11.5 Å². The van der Waals surface area contributed by atoms with E-state index < -0.39 is 23.5 Å². The molecule has 1 saturated carbocycles. The van der Waals surface area contributed by atoms with Crippen LogP contribution in [0.15, 0.2) is 18.2 Å². The maximum atomic E-state index is 14.1. The minimum Gasteiger partial charge on any atom is -0.460 e. The molecule has 30 heavy (non-hydrogen) atoms. The van der Waals surface area contributed by atoms with Gasteiger partial charge in [0.25, 0.3) is 0 Å². The molecule has 1 aromatic carbocycles. The van der Waals surface area contributed by atoms with Crippen molar-refractivity contribution in [3.63, 3.8) is 0 Å². The van der Waals surface area contributed by atoms with E-state index in [2.05, 4.69) is 17.3 Å². The Hall–Kier alpha value is -1.71. The molecule has 7 atom stereocenters. The topological polar surface area (TPSA) is 100 Å². The van der Waals surface area contributed by atoms with Crippen molar-refractivity contribution in [2.24, 2.45) is 11.8 Å². The van der Waals surface area contributed by atoms with E-state index in [4.69, 9.17) is 14.2 Å². The van der Waals surface area contributed by atoms with Crippen LogP contribution in [-0.4, -0.2) is 79.0 Å². The lowest BCUT2D eigenvalue weighted by Gasteiger charge is -2.49. The van der Waals surface area contributed by atoms with Crippen molar-refractivity contribution in [1.29, 1.82) is 0 Å². The van der Waals surface area contributed by atoms with Gasteiger partial charge in [0.05, 0.1) is 17.7 Å². The quantitative estimate of drug-likeness (QED) is 0.615. The number of para-hydroxylation sites is 1. The van der Waals surface area contributed by atoms with Crippen molar-refractivity contribution in [3.8, 4) is 5.75 Å². The number of aliphatic hydroxyl groups excluding tert-OH is 1. The first kappa shape index (κ1) is 20.2. The molecule has 4 aliphatic rings. The number of hydrogen-bond acceptors (Lipinski definition) is 8. The largest absolute Gasteiger partial charge is 0.460 e. The molecule has 164 valence electrons. The van der Waals surface area contributed by atoms with E-state index in [1.807, 2.05) is 19.1 Å². The summed E-state index contributed by atoms with van der Waals surface area (Å²) in [6.07, 6.45) is -0.255. The summed E-state index contributed by atoms with van der Waals surface area (Å²) in [4.78, 5) is 16.3. The summed E-state index contributed by atoms with van der Waals surface area (Å²) in [7, 11) is 3.51. The van der Waals surface area contributed by atoms with Gasteiger partial charge in [0.2, 0.25) is 6.29 Å². The Morgan fingerprint density at radius 2 is 2.20 bits per heavy atom. The van der Waals surface area contributed by atoms with Crippen LogP contribution in [0.25, 0.3) is 0 Å². The lowest BCUT2D eigenvalue weighted by molar-refractivity contribution is -0.161. The normalized spacial score (nSPS) is 40.8. The number of anilines is 1. The first-order valence-corrected chi connectivity index (χ1v) is 10.7. The Morgan fingerprint density at radius 3 is 2.93 bits per heavy atom. The maximum absolute atomic E-state index is 14.1. The van der Waals surface area contributed by atoms with Gasteiger partial charge < -0.3 is 34.6 Å². The summed E-state index contributed by atoms with van der Waals surface area (Å²) < 4.78 is 17.3. The number of methoxy groups -OCH3 is 1. The van der Waals surface area contributed by atoms with Gasteiger partial charge in [-0.25, -0.2) is 0 Å². The molecule has 3 fully saturated rings. The molecule has 0 aromatic heterocycles. The van der Waals surface area contributed by atoms with Crippen LogP contribution < -0.4 is 10.1 Å². The van der Waals surface area contributed by atoms with Gasteiger partial charge in [0.1, 0.15) is 23.9 Å². The van der Waals surface area contributed by atoms with Crippen molar-refractivity contribution in [3.05, 3.63) is 23.8 Å². The third-order valence-corrected chi connectivity index (χ3v) is 7.69. The molecule has 4 bridgehead atoms. The number of fused-ring (bicyclic) bond motifs is 2. The number of nitrogens with zero attached hydrogens (tertiary/aromatic N) is 1. The summed E-state index contributed by atoms with van der Waals surface area (Å²) >= 11 is 0. The van der Waals surface area contributed by atoms with Crippen LogP contribution in [0.2, 0.25) is 0 Å². The molecule has 8 nitrogen and oxygen atoms in total. The van der Waals surface area contributed by atoms with Crippen molar-refractivity contribution in [2.45, 2.75) is 49.4 Å². The Bertz CT molecular complexity index is 860. The zero-order chi connectivity index (χ0) is 21.3. The smallest absolute Gasteiger partial charge is 0.223 e. The van der Waals surface area contributed by atoms with Crippen LogP contribution >= 0.6 is 0 Å². The number of benzene rings is 1. The summed E-state index contributed by atoms with van der Waals surface area (Å²) in [6, 6.07) is 5.47. The lowest BCUT2D eigenvalue weighted by atomic mass is 9.56. The number of carbonyl (C=O) groups is 1. The molecule has 0 radical (unpaired) electrons. The number of nitrogens with one attached hydrogen (secondary N) is 1. The van der Waals surface area contributed by atoms with Crippen LogP contribution in [0.3, 0.4) is 0 Å². The van der Waals surface area contributed by atoms with Crippen molar-refractivity contribution in [2.75, 3.05) is 39.2 Å². The highest BCUT2D eigenvalue weighted by atomic mass is 16.7. The fraction of sp³-hybridized carbons (Fsp3) is 0.682. The summed E-state index contributed by atoms with van der Waals surface area (Å²) in [5, 5.41) is 24.9. The fourth-order valence-corrected chi connectivity index (χ4v) is 6.23. The molecule has 2 saturated heterocycles. The third-order valence-electron chi connectivity index (χ3n) is 7.69. The summed E-state index contributed by atoms with van der Waals surface area (Å²) in [5.41, 5.74) is -1.35. The molecule has 1 aliphatic carbocycles. The van der Waals surface area contributed by atoms with Crippen molar-refractivity contribution >= 4 is 11.5 Å². The second-order valence-corrected chi connectivity index (χ2v) is 9.10. The number of ether oxygens (including phenoxy) is 3. The highest BCUT2D eigenvalue weighted by Crippen LogP contribution is 2.63. The molecule has 8 heteroatoms. The minimum atomic E-state index is -1.55. The third kappa shape index (κ3) is 2.42. The zero-order valence-corrected chi connectivity index (χ0v) is 17.6. The molecular weight excluding hydrogens is 388 g/mol. The molecule has 3 aliphatic heterocycles. The van der Waals surface area contributed by atoms with Gasteiger partial charge in [-0.2, -0.15) is 0 Å². The monoisotopic (exact) mass is 418 g/mol. The minimum absolute atomic E-state index is 0.0403. The van der Waals surface area contributed by atoms with Crippen LogP contribution in [0, 0.1) is 11.8 Å². The molecule has 1 aromatic rings. The average molecular weight is 418 g/mol. The second kappa shape index (κ2) is 6.90. The molecule has 3 heterocycles. The van der Waals surface area contributed by atoms with Gasteiger partial charge in [-0.1, -0.05) is 12.1 Å². The van der Waals surface area contributed by atoms with Crippen molar-refractivity contribution < 1.29 is 29.2 Å². The summed E-state index contributed by atoms with van der Waals surface area (Å²) in [5.74, 6) is 0.222. The first-order chi connectivity index (χ1) is 14.4. The van der Waals surface area contributed by atoms with Crippen LogP contribution in [0.5, 0.6) is 5.75 Å². The Kier molecular flexibility index (Phi) is 4.65. The van der Waals surface area contributed by atoms with Gasteiger partial charge in [-0.05, 0) is 51.5 Å². The molecular formula is C22H30N2O6. The van der Waals surface area contributed by atoms with E-state index in [-0.39, 0.29) is 30.3 Å². The van der Waals surface area contributed by atoms with Crippen LogP contribution in [-0.2, 0) is 19.7 Å². The van der Waals surface area contributed by atoms with E-state index in [9.17, 15) is 15.0 Å². The molecule has 1 spiro atoms. The summed E-state index contributed by atoms with van der Waals surface area (Å²) in [6.45, 7) is 3.19. The van der Waals surface area contributed by atoms with Crippen LogP contribution in [0.1, 0.15) is 25.3 Å². The fourth-order valence-electron chi connectivity index (χ4n) is 6.23. The van der Waals surface area contributed by atoms with Gasteiger partial charge in [0, 0.05) is 13.0 Å². The van der Waals surface area contributed by atoms with Gasteiger partial charge in [-0.3, -0.25) is 4.79 Å². The predicted octanol–water partition coefficient (Wildman–Crippen LogP) is 0.710. The van der Waals surface area contributed by atoms with E-state index in [0.717, 1.165) is 18.5 Å². The van der Waals surface area contributed by atoms with E-state index in [1.165, 1.54) is 7.11 Å². The molecule has 0 amide bonds. The number of ketones is 1. The SMILES string of the molecule is CO[C@H](CO)Oc1cccc2c1N[C@]1(O)[C@@H]3O[C@H](C)[C@@H]4C(=O)[C@]21CCN(C)CC[C@@H]43. The second-order valence-electron chi connectivity index (χ2n) is 9.10.